The molecule has 0 fully saturated rings. The summed E-state index contributed by atoms with van der Waals surface area (Å²) in [4.78, 5) is 14.9. The number of rotatable bonds is 7. The molecule has 0 unspecified atom stereocenters. The Labute approximate surface area is 178 Å². The monoisotopic (exact) mass is 409 g/mol. The first-order chi connectivity index (χ1) is 14.0. The summed E-state index contributed by atoms with van der Waals surface area (Å²) < 4.78 is 2.15. The van der Waals surface area contributed by atoms with E-state index in [2.05, 4.69) is 29.8 Å². The Morgan fingerprint density at radius 3 is 2.52 bits per heavy atom. The lowest BCUT2D eigenvalue weighted by atomic mass is 10.2. The largest absolute Gasteiger partial charge is 0.345 e. The van der Waals surface area contributed by atoms with E-state index >= 15 is 0 Å². The number of hydrogen-bond donors (Lipinski definition) is 1. The predicted molar refractivity (Wildman–Crippen MR) is 120 cm³/mol. The van der Waals surface area contributed by atoms with Gasteiger partial charge in [0.2, 0.25) is 0 Å². The van der Waals surface area contributed by atoms with Crippen LogP contribution in [0.3, 0.4) is 0 Å². The third kappa shape index (κ3) is 5.42. The molecule has 0 saturated heterocycles. The molecule has 2 amide bonds. The quantitative estimate of drug-likeness (QED) is 0.486. The van der Waals surface area contributed by atoms with Crippen LogP contribution < -0.4 is 5.32 Å². The van der Waals surface area contributed by atoms with Crippen LogP contribution in [-0.4, -0.2) is 21.5 Å². The van der Waals surface area contributed by atoms with Gasteiger partial charge in [0.1, 0.15) is 0 Å². The Hall–Kier alpha value is -2.72. The molecule has 2 aromatic carbocycles. The molecule has 0 radical (unpaired) electrons. The van der Waals surface area contributed by atoms with Crippen LogP contribution in [0.25, 0.3) is 0 Å². The van der Waals surface area contributed by atoms with Crippen LogP contribution in [0.15, 0.2) is 66.9 Å². The molecule has 1 atom stereocenters. The lowest BCUT2D eigenvalue weighted by molar-refractivity contribution is 0.185. The number of benzene rings is 2. The number of hydrogen-bond acceptors (Lipinski definition) is 1. The van der Waals surface area contributed by atoms with Crippen LogP contribution in [0.4, 0.5) is 10.5 Å². The SMILES string of the molecule is CC[C@H](C)N(Cc1cccn1Cc1ccccc1Cl)C(=O)Nc1ccc(C)cc1. The fourth-order valence-electron chi connectivity index (χ4n) is 3.21. The number of carbonyl (C=O) groups excluding carboxylic acids is 1. The van der Waals surface area contributed by atoms with Crippen molar-refractivity contribution < 1.29 is 4.79 Å². The average Bonchev–Trinajstić information content (AvgIpc) is 3.15. The van der Waals surface area contributed by atoms with Gasteiger partial charge < -0.3 is 14.8 Å². The Balaban J connectivity index is 1.77. The highest BCUT2D eigenvalue weighted by Gasteiger charge is 2.21. The smallest absolute Gasteiger partial charge is 0.322 e. The topological polar surface area (TPSA) is 37.3 Å². The van der Waals surface area contributed by atoms with E-state index in [0.717, 1.165) is 28.4 Å². The number of carbonyl (C=O) groups is 1. The number of amides is 2. The molecule has 5 heteroatoms. The molecule has 3 aromatic rings. The van der Waals surface area contributed by atoms with E-state index in [9.17, 15) is 4.79 Å². The molecule has 0 spiro atoms. The minimum Gasteiger partial charge on any atom is -0.345 e. The van der Waals surface area contributed by atoms with Gasteiger partial charge >= 0.3 is 6.03 Å². The fraction of sp³-hybridized carbons (Fsp3) is 0.292. The van der Waals surface area contributed by atoms with Crippen molar-refractivity contribution in [3.05, 3.63) is 88.7 Å². The second-order valence-corrected chi connectivity index (χ2v) is 7.81. The Morgan fingerprint density at radius 1 is 1.10 bits per heavy atom. The van der Waals surface area contributed by atoms with Crippen LogP contribution in [-0.2, 0) is 13.1 Å². The van der Waals surface area contributed by atoms with Crippen molar-refractivity contribution in [3.63, 3.8) is 0 Å². The van der Waals surface area contributed by atoms with Crippen molar-refractivity contribution in [1.29, 1.82) is 0 Å². The summed E-state index contributed by atoms with van der Waals surface area (Å²) >= 11 is 6.34. The molecule has 0 aliphatic rings. The van der Waals surface area contributed by atoms with Crippen molar-refractivity contribution in [2.45, 2.75) is 46.3 Å². The average molecular weight is 410 g/mol. The first-order valence-corrected chi connectivity index (χ1v) is 10.4. The number of anilines is 1. The van der Waals surface area contributed by atoms with E-state index in [4.69, 9.17) is 11.6 Å². The Bertz CT molecular complexity index is 949. The zero-order valence-corrected chi connectivity index (χ0v) is 18.0. The number of halogens is 1. The maximum Gasteiger partial charge on any atom is 0.322 e. The van der Waals surface area contributed by atoms with Gasteiger partial charge in [-0.05, 0) is 56.2 Å². The first-order valence-electron chi connectivity index (χ1n) is 9.99. The van der Waals surface area contributed by atoms with Crippen LogP contribution in [0, 0.1) is 6.92 Å². The highest BCUT2D eigenvalue weighted by Crippen LogP contribution is 2.20. The molecule has 29 heavy (non-hydrogen) atoms. The van der Waals surface area contributed by atoms with E-state index < -0.39 is 0 Å². The Morgan fingerprint density at radius 2 is 1.83 bits per heavy atom. The molecule has 0 bridgehead atoms. The highest BCUT2D eigenvalue weighted by atomic mass is 35.5. The normalized spacial score (nSPS) is 11.9. The van der Waals surface area contributed by atoms with Crippen LogP contribution in [0.5, 0.6) is 0 Å². The van der Waals surface area contributed by atoms with Gasteiger partial charge in [-0.15, -0.1) is 0 Å². The lowest BCUT2D eigenvalue weighted by Crippen LogP contribution is -2.41. The number of aryl methyl sites for hydroxylation is 1. The summed E-state index contributed by atoms with van der Waals surface area (Å²) in [5, 5.41) is 3.78. The van der Waals surface area contributed by atoms with Gasteiger partial charge in [-0.3, -0.25) is 0 Å². The third-order valence-electron chi connectivity index (χ3n) is 5.24. The van der Waals surface area contributed by atoms with Crippen LogP contribution >= 0.6 is 11.6 Å². The molecular formula is C24H28ClN3O. The fourth-order valence-corrected chi connectivity index (χ4v) is 3.41. The second kappa shape index (κ2) is 9.66. The summed E-state index contributed by atoms with van der Waals surface area (Å²) in [7, 11) is 0. The molecule has 152 valence electrons. The molecule has 0 aliphatic heterocycles. The molecule has 1 heterocycles. The number of aromatic nitrogens is 1. The zero-order valence-electron chi connectivity index (χ0n) is 17.2. The van der Waals surface area contributed by atoms with Crippen molar-refractivity contribution >= 4 is 23.3 Å². The summed E-state index contributed by atoms with van der Waals surface area (Å²) in [6.07, 6.45) is 2.91. The maximum atomic E-state index is 13.0. The summed E-state index contributed by atoms with van der Waals surface area (Å²) in [6.45, 7) is 7.42. The first kappa shape index (κ1) is 21.0. The number of nitrogens with one attached hydrogen (secondary N) is 1. The van der Waals surface area contributed by atoms with Crippen LogP contribution in [0.1, 0.15) is 37.1 Å². The second-order valence-electron chi connectivity index (χ2n) is 7.40. The van der Waals surface area contributed by atoms with Crippen molar-refractivity contribution in [2.24, 2.45) is 0 Å². The third-order valence-corrected chi connectivity index (χ3v) is 5.61. The maximum absolute atomic E-state index is 13.0. The predicted octanol–water partition coefficient (Wildman–Crippen LogP) is 6.33. The molecular weight excluding hydrogens is 382 g/mol. The summed E-state index contributed by atoms with van der Waals surface area (Å²) in [5.74, 6) is 0. The molecule has 1 N–H and O–H groups in total. The minimum absolute atomic E-state index is 0.0892. The van der Waals surface area contributed by atoms with Crippen molar-refractivity contribution in [3.8, 4) is 0 Å². The molecule has 1 aromatic heterocycles. The molecule has 0 saturated carbocycles. The lowest BCUT2D eigenvalue weighted by Gasteiger charge is -2.29. The Kier molecular flexibility index (Phi) is 6.99. The highest BCUT2D eigenvalue weighted by molar-refractivity contribution is 6.31. The number of urea groups is 1. The van der Waals surface area contributed by atoms with Crippen LogP contribution in [0.2, 0.25) is 5.02 Å². The summed E-state index contributed by atoms with van der Waals surface area (Å²) in [6, 6.07) is 19.8. The zero-order chi connectivity index (χ0) is 20.8. The van der Waals surface area contributed by atoms with Gasteiger partial charge in [0.25, 0.3) is 0 Å². The molecule has 0 aliphatic carbocycles. The van der Waals surface area contributed by atoms with Crippen molar-refractivity contribution in [1.82, 2.24) is 9.47 Å². The van der Waals surface area contributed by atoms with E-state index in [-0.39, 0.29) is 12.1 Å². The van der Waals surface area contributed by atoms with E-state index in [1.54, 1.807) is 0 Å². The van der Waals surface area contributed by atoms with Gasteiger partial charge in [0.15, 0.2) is 0 Å². The van der Waals surface area contributed by atoms with Gasteiger partial charge in [0, 0.05) is 35.2 Å². The van der Waals surface area contributed by atoms with Gasteiger partial charge in [0.05, 0.1) is 6.54 Å². The number of nitrogens with zero attached hydrogens (tertiary/aromatic N) is 2. The minimum atomic E-state index is -0.0892. The van der Waals surface area contributed by atoms with Gasteiger partial charge in [-0.25, -0.2) is 4.79 Å². The van der Waals surface area contributed by atoms with E-state index in [1.165, 1.54) is 5.56 Å². The van der Waals surface area contributed by atoms with Crippen molar-refractivity contribution in [2.75, 3.05) is 5.32 Å². The summed E-state index contributed by atoms with van der Waals surface area (Å²) in [5.41, 5.74) is 4.11. The van der Waals surface area contributed by atoms with Gasteiger partial charge in [-0.2, -0.15) is 0 Å². The van der Waals surface area contributed by atoms with E-state index in [1.807, 2.05) is 72.6 Å². The standard InChI is InChI=1S/C24H28ClN3O/c1-4-19(3)28(24(29)26-21-13-11-18(2)12-14-21)17-22-9-7-15-27(22)16-20-8-5-6-10-23(20)25/h5-15,19H,4,16-17H2,1-3H3,(H,26,29)/t19-/m0/s1. The van der Waals surface area contributed by atoms with Gasteiger partial charge in [-0.1, -0.05) is 54.4 Å². The molecule has 4 nitrogen and oxygen atoms in total. The van der Waals surface area contributed by atoms with E-state index in [0.29, 0.717) is 13.1 Å². The molecule has 3 rings (SSSR count).